The van der Waals surface area contributed by atoms with Crippen LogP contribution in [0.1, 0.15) is 10.9 Å². The van der Waals surface area contributed by atoms with E-state index in [1.54, 1.807) is 11.3 Å². The fraction of sp³-hybridized carbons (Fsp3) is 0.286. The summed E-state index contributed by atoms with van der Waals surface area (Å²) in [5, 5.41) is 15.9. The first-order valence-corrected chi connectivity index (χ1v) is 7.25. The zero-order valence-corrected chi connectivity index (χ0v) is 12.6. The molecule has 0 spiro atoms. The van der Waals surface area contributed by atoms with Gasteiger partial charge in [-0.1, -0.05) is 12.1 Å². The molecule has 1 atom stereocenters. The smallest absolute Gasteiger partial charge is 0.327 e. The van der Waals surface area contributed by atoms with Crippen LogP contribution in [0.25, 0.3) is 0 Å². The van der Waals surface area contributed by atoms with Crippen LogP contribution in [0.5, 0.6) is 0 Å². The Kier molecular flexibility index (Phi) is 4.87. The van der Waals surface area contributed by atoms with Gasteiger partial charge in [0.25, 0.3) is 0 Å². The lowest BCUT2D eigenvalue weighted by atomic mass is 10.2. The second-order valence-electron chi connectivity index (χ2n) is 4.77. The Morgan fingerprint density at radius 3 is 2.71 bits per heavy atom. The number of anilines is 1. The number of benzene rings is 1. The van der Waals surface area contributed by atoms with Crippen molar-refractivity contribution in [3.8, 4) is 0 Å². The molecule has 1 aromatic carbocycles. The Hall–Kier alpha value is -1.99. The second-order valence-corrected chi connectivity index (χ2v) is 5.75. The van der Waals surface area contributed by atoms with Crippen LogP contribution in [0.4, 0.5) is 15.8 Å². The van der Waals surface area contributed by atoms with Crippen LogP contribution >= 0.6 is 11.3 Å². The zero-order valence-electron chi connectivity index (χ0n) is 11.7. The third kappa shape index (κ3) is 3.56. The second kappa shape index (κ2) is 6.64. The molecule has 0 radical (unpaired) electrons. The van der Waals surface area contributed by atoms with Crippen LogP contribution in [-0.4, -0.2) is 30.5 Å². The highest BCUT2D eigenvalue weighted by atomic mass is 32.1. The Morgan fingerprint density at radius 2 is 2.14 bits per heavy atom. The van der Waals surface area contributed by atoms with E-state index in [2.05, 4.69) is 5.32 Å². The number of nitrogens with one attached hydrogen (secondary N) is 1. The molecule has 0 saturated heterocycles. The van der Waals surface area contributed by atoms with Gasteiger partial charge in [0.15, 0.2) is 0 Å². The first-order chi connectivity index (χ1) is 10.0. The van der Waals surface area contributed by atoms with Crippen LogP contribution < -0.4 is 5.32 Å². The highest BCUT2D eigenvalue weighted by Gasteiger charge is 2.21. The molecule has 2 aromatic rings. The number of nitrogens with zero attached hydrogens (tertiary/aromatic N) is 2. The number of hydrogen-bond acceptors (Lipinski definition) is 5. The number of hydrogen-bond donors (Lipinski definition) is 1. The summed E-state index contributed by atoms with van der Waals surface area (Å²) in [6.45, 7) is 0.456. The van der Waals surface area contributed by atoms with Crippen molar-refractivity contribution >= 4 is 22.7 Å². The van der Waals surface area contributed by atoms with E-state index in [-0.39, 0.29) is 11.7 Å². The van der Waals surface area contributed by atoms with E-state index in [1.807, 2.05) is 36.5 Å². The molecule has 0 aliphatic rings. The fourth-order valence-electron chi connectivity index (χ4n) is 2.07. The predicted octanol–water partition coefficient (Wildman–Crippen LogP) is 3.51. The molecule has 1 N–H and O–H groups in total. The van der Waals surface area contributed by atoms with Crippen molar-refractivity contribution in [3.05, 3.63) is 56.5 Å². The molecule has 0 aliphatic heterocycles. The van der Waals surface area contributed by atoms with E-state index in [9.17, 15) is 14.5 Å². The van der Waals surface area contributed by atoms with E-state index in [4.69, 9.17) is 0 Å². The average Bonchev–Trinajstić information content (AvgIpc) is 2.92. The van der Waals surface area contributed by atoms with Gasteiger partial charge in [-0.05, 0) is 37.7 Å². The predicted molar refractivity (Wildman–Crippen MR) is 82.3 cm³/mol. The number of rotatable bonds is 6. The molecule has 0 aliphatic carbocycles. The molecule has 112 valence electrons. The molecule has 7 heteroatoms. The Labute approximate surface area is 126 Å². The highest BCUT2D eigenvalue weighted by Crippen LogP contribution is 2.29. The number of nitro benzene ring substituents is 1. The molecule has 1 heterocycles. The van der Waals surface area contributed by atoms with Gasteiger partial charge in [0.1, 0.15) is 5.69 Å². The van der Waals surface area contributed by atoms with Crippen LogP contribution in [0.3, 0.4) is 0 Å². The quantitative estimate of drug-likeness (QED) is 0.655. The lowest BCUT2D eigenvalue weighted by molar-refractivity contribution is -0.386. The Morgan fingerprint density at radius 1 is 1.38 bits per heavy atom. The van der Waals surface area contributed by atoms with Gasteiger partial charge >= 0.3 is 5.69 Å². The van der Waals surface area contributed by atoms with E-state index >= 15 is 0 Å². The number of para-hydroxylation sites is 1. The minimum atomic E-state index is -0.831. The van der Waals surface area contributed by atoms with E-state index in [0.717, 1.165) is 10.9 Å². The van der Waals surface area contributed by atoms with Gasteiger partial charge in [0.2, 0.25) is 5.82 Å². The third-order valence-electron chi connectivity index (χ3n) is 3.15. The third-order valence-corrected chi connectivity index (χ3v) is 4.12. The molecule has 5 nitrogen and oxygen atoms in total. The largest absolute Gasteiger partial charge is 0.377 e. The maximum atomic E-state index is 13.6. The van der Waals surface area contributed by atoms with Crippen molar-refractivity contribution in [2.24, 2.45) is 0 Å². The van der Waals surface area contributed by atoms with Gasteiger partial charge in [-0.2, -0.15) is 4.39 Å². The summed E-state index contributed by atoms with van der Waals surface area (Å²) >= 11 is 1.62. The normalized spacial score (nSPS) is 12.4. The van der Waals surface area contributed by atoms with Gasteiger partial charge in [-0.25, -0.2) is 0 Å². The van der Waals surface area contributed by atoms with Crippen molar-refractivity contribution < 1.29 is 9.31 Å². The van der Waals surface area contributed by atoms with Crippen LogP contribution in [0.15, 0.2) is 35.7 Å². The molecule has 21 heavy (non-hydrogen) atoms. The lowest BCUT2D eigenvalue weighted by Crippen LogP contribution is -2.26. The molecular weight excluding hydrogens is 293 g/mol. The maximum absolute atomic E-state index is 13.6. The zero-order chi connectivity index (χ0) is 15.4. The average molecular weight is 309 g/mol. The standard InChI is InChI=1S/C14H16FN3O2S/c1-17(2)12(13-7-4-8-21-13)9-16-11-6-3-5-10(15)14(11)18(19)20/h3-8,12,16H,9H2,1-2H3. The topological polar surface area (TPSA) is 58.4 Å². The summed E-state index contributed by atoms with van der Waals surface area (Å²) in [6, 6.07) is 8.10. The van der Waals surface area contributed by atoms with Crippen molar-refractivity contribution in [1.82, 2.24) is 4.90 Å². The summed E-state index contributed by atoms with van der Waals surface area (Å²) in [7, 11) is 3.87. The minimum absolute atomic E-state index is 0.0628. The maximum Gasteiger partial charge on any atom is 0.327 e. The Bertz CT molecular complexity index is 617. The number of thiophene rings is 1. The molecule has 2 rings (SSSR count). The first kappa shape index (κ1) is 15.4. The molecule has 0 bridgehead atoms. The van der Waals surface area contributed by atoms with Crippen LogP contribution in [-0.2, 0) is 0 Å². The highest BCUT2D eigenvalue weighted by molar-refractivity contribution is 7.10. The molecule has 0 amide bonds. The summed E-state index contributed by atoms with van der Waals surface area (Å²) in [4.78, 5) is 13.4. The number of nitro groups is 1. The van der Waals surface area contributed by atoms with Crippen LogP contribution in [0.2, 0.25) is 0 Å². The van der Waals surface area contributed by atoms with Gasteiger partial charge in [-0.15, -0.1) is 11.3 Å². The SMILES string of the molecule is CN(C)C(CNc1cccc(F)c1[N+](=O)[O-])c1cccs1. The molecular formula is C14H16FN3O2S. The van der Waals surface area contributed by atoms with Gasteiger partial charge in [-0.3, -0.25) is 10.1 Å². The van der Waals surface area contributed by atoms with Crippen molar-refractivity contribution in [2.45, 2.75) is 6.04 Å². The first-order valence-electron chi connectivity index (χ1n) is 6.37. The number of likely N-dealkylation sites (N-methyl/N-ethyl adjacent to an activating group) is 1. The summed E-state index contributed by atoms with van der Waals surface area (Å²) in [5.41, 5.74) is -0.315. The Balaban J connectivity index is 2.19. The summed E-state index contributed by atoms with van der Waals surface area (Å²) in [5.74, 6) is -0.831. The monoisotopic (exact) mass is 309 g/mol. The van der Waals surface area contributed by atoms with Gasteiger partial charge in [0.05, 0.1) is 11.0 Å². The van der Waals surface area contributed by atoms with E-state index < -0.39 is 16.4 Å². The van der Waals surface area contributed by atoms with E-state index in [0.29, 0.717) is 6.54 Å². The summed E-state index contributed by atoms with van der Waals surface area (Å²) < 4.78 is 13.6. The van der Waals surface area contributed by atoms with Gasteiger partial charge < -0.3 is 10.2 Å². The van der Waals surface area contributed by atoms with Crippen molar-refractivity contribution in [3.63, 3.8) is 0 Å². The lowest BCUT2D eigenvalue weighted by Gasteiger charge is -2.24. The molecule has 1 aromatic heterocycles. The minimum Gasteiger partial charge on any atom is -0.377 e. The molecule has 1 unspecified atom stereocenters. The summed E-state index contributed by atoms with van der Waals surface area (Å²) in [6.07, 6.45) is 0. The van der Waals surface area contributed by atoms with Gasteiger partial charge in [0, 0.05) is 11.4 Å². The molecule has 0 fully saturated rings. The van der Waals surface area contributed by atoms with Crippen molar-refractivity contribution in [2.75, 3.05) is 26.0 Å². The van der Waals surface area contributed by atoms with Crippen molar-refractivity contribution in [1.29, 1.82) is 0 Å². The van der Waals surface area contributed by atoms with Crippen LogP contribution in [0, 0.1) is 15.9 Å². The molecule has 0 saturated carbocycles. The fourth-order valence-corrected chi connectivity index (χ4v) is 2.99. The number of halogens is 1. The van der Waals surface area contributed by atoms with E-state index in [1.165, 1.54) is 12.1 Å².